The lowest BCUT2D eigenvalue weighted by molar-refractivity contribution is 0.0485. The van der Waals surface area contributed by atoms with Crippen LogP contribution in [-0.4, -0.2) is 34.7 Å². The van der Waals surface area contributed by atoms with E-state index in [4.69, 9.17) is 19.3 Å². The zero-order chi connectivity index (χ0) is 19.2. The zero-order valence-corrected chi connectivity index (χ0v) is 14.8. The molecule has 0 heterocycles. The first-order chi connectivity index (χ1) is 12.3. The largest absolute Gasteiger partial charge is 0.495 e. The molecule has 7 nitrogen and oxygen atoms in total. The van der Waals surface area contributed by atoms with E-state index in [1.54, 1.807) is 0 Å². The van der Waals surface area contributed by atoms with Gasteiger partial charge in [0.15, 0.2) is 0 Å². The molecule has 2 aromatic rings. The number of methoxy groups -OCH3 is 1. The van der Waals surface area contributed by atoms with Crippen molar-refractivity contribution in [3.05, 3.63) is 53.8 Å². The van der Waals surface area contributed by atoms with Gasteiger partial charge in [0.2, 0.25) is 10.0 Å². The summed E-state index contributed by atoms with van der Waals surface area (Å²) in [5, 5.41) is 5.11. The van der Waals surface area contributed by atoms with Crippen LogP contribution in [-0.2, 0) is 14.8 Å². The Morgan fingerprint density at radius 3 is 2.42 bits per heavy atom. The number of ether oxygens (including phenoxy) is 3. The van der Waals surface area contributed by atoms with Gasteiger partial charge in [0.05, 0.1) is 25.9 Å². The molecular formula is C17H18FNO6S. The second kappa shape index (κ2) is 8.63. The molecule has 0 bridgehead atoms. The molecule has 0 radical (unpaired) electrons. The second-order valence-electron chi connectivity index (χ2n) is 5.20. The van der Waals surface area contributed by atoms with Crippen molar-refractivity contribution in [2.24, 2.45) is 5.14 Å². The predicted octanol–water partition coefficient (Wildman–Crippen LogP) is 2.11. The number of carbonyl (C=O) groups is 1. The van der Waals surface area contributed by atoms with Gasteiger partial charge >= 0.3 is 5.97 Å². The van der Waals surface area contributed by atoms with Gasteiger partial charge in [0.25, 0.3) is 0 Å². The molecule has 9 heteroatoms. The molecule has 0 aliphatic carbocycles. The molecule has 0 aliphatic rings. The van der Waals surface area contributed by atoms with Crippen LogP contribution in [0.15, 0.2) is 47.4 Å². The molecule has 0 spiro atoms. The second-order valence-corrected chi connectivity index (χ2v) is 6.73. The Balaban J connectivity index is 1.87. The zero-order valence-electron chi connectivity index (χ0n) is 14.0. The first-order valence-corrected chi connectivity index (χ1v) is 9.12. The molecule has 0 saturated heterocycles. The Labute approximate surface area is 150 Å². The van der Waals surface area contributed by atoms with E-state index in [2.05, 4.69) is 0 Å². The number of hydrogen-bond acceptors (Lipinski definition) is 6. The molecule has 26 heavy (non-hydrogen) atoms. The van der Waals surface area contributed by atoms with Crippen molar-refractivity contribution in [1.82, 2.24) is 0 Å². The minimum absolute atomic E-state index is 0.0364. The standard InChI is InChI=1S/C17H18FNO6S/c1-23-15-8-3-12(11-16(15)26(19,21)22)17(20)25-10-2-9-24-14-6-4-13(18)5-7-14/h3-8,11H,2,9-10H2,1H3,(H2,19,21,22). The number of primary sulfonamides is 1. The fourth-order valence-corrected chi connectivity index (χ4v) is 2.78. The SMILES string of the molecule is COc1ccc(C(=O)OCCCOc2ccc(F)cc2)cc1S(N)(=O)=O. The third kappa shape index (κ3) is 5.43. The molecule has 2 aromatic carbocycles. The van der Waals surface area contributed by atoms with Crippen LogP contribution in [0.4, 0.5) is 4.39 Å². The van der Waals surface area contributed by atoms with Crippen molar-refractivity contribution in [1.29, 1.82) is 0 Å². The molecule has 0 aliphatic heterocycles. The average molecular weight is 383 g/mol. The smallest absolute Gasteiger partial charge is 0.338 e. The van der Waals surface area contributed by atoms with Crippen LogP contribution in [0.1, 0.15) is 16.8 Å². The van der Waals surface area contributed by atoms with E-state index in [1.165, 1.54) is 43.5 Å². The maximum Gasteiger partial charge on any atom is 0.338 e. The van der Waals surface area contributed by atoms with Crippen LogP contribution in [0.5, 0.6) is 11.5 Å². The Bertz CT molecular complexity index is 867. The molecule has 2 N–H and O–H groups in total. The Morgan fingerprint density at radius 2 is 1.81 bits per heavy atom. The van der Waals surface area contributed by atoms with Gasteiger partial charge in [0, 0.05) is 6.42 Å². The van der Waals surface area contributed by atoms with Crippen molar-refractivity contribution in [2.75, 3.05) is 20.3 Å². The molecule has 140 valence electrons. The summed E-state index contributed by atoms with van der Waals surface area (Å²) in [7, 11) is -2.75. The number of nitrogens with two attached hydrogens (primary N) is 1. The number of carbonyl (C=O) groups excluding carboxylic acids is 1. The summed E-state index contributed by atoms with van der Waals surface area (Å²) in [6, 6.07) is 9.36. The van der Waals surface area contributed by atoms with Crippen molar-refractivity contribution in [2.45, 2.75) is 11.3 Å². The first-order valence-electron chi connectivity index (χ1n) is 7.57. The highest BCUT2D eigenvalue weighted by Gasteiger charge is 2.18. The number of esters is 1. The number of hydrogen-bond donors (Lipinski definition) is 1. The van der Waals surface area contributed by atoms with E-state index in [-0.39, 0.29) is 35.2 Å². The highest BCUT2D eigenvalue weighted by Crippen LogP contribution is 2.24. The van der Waals surface area contributed by atoms with Gasteiger partial charge in [-0.15, -0.1) is 0 Å². The van der Waals surface area contributed by atoms with Crippen molar-refractivity contribution >= 4 is 16.0 Å². The summed E-state index contributed by atoms with van der Waals surface area (Å²) >= 11 is 0. The average Bonchev–Trinajstić information content (AvgIpc) is 2.61. The van der Waals surface area contributed by atoms with Crippen molar-refractivity contribution in [3.8, 4) is 11.5 Å². The maximum absolute atomic E-state index is 12.8. The maximum atomic E-state index is 12.8. The summed E-state index contributed by atoms with van der Waals surface area (Å²) in [4.78, 5) is 11.7. The van der Waals surface area contributed by atoms with Gasteiger partial charge in [-0.05, 0) is 42.5 Å². The highest BCUT2D eigenvalue weighted by molar-refractivity contribution is 7.89. The number of benzene rings is 2. The topological polar surface area (TPSA) is 105 Å². The van der Waals surface area contributed by atoms with Gasteiger partial charge in [-0.3, -0.25) is 0 Å². The van der Waals surface area contributed by atoms with E-state index in [0.717, 1.165) is 6.07 Å². The van der Waals surface area contributed by atoms with Crippen LogP contribution < -0.4 is 14.6 Å². The van der Waals surface area contributed by atoms with Gasteiger partial charge in [-0.1, -0.05) is 0 Å². The Hall–Kier alpha value is -2.65. The van der Waals surface area contributed by atoms with Crippen LogP contribution in [0.2, 0.25) is 0 Å². The number of halogens is 1. The van der Waals surface area contributed by atoms with Crippen LogP contribution >= 0.6 is 0 Å². The molecule has 0 aromatic heterocycles. The van der Waals surface area contributed by atoms with Crippen LogP contribution in [0.25, 0.3) is 0 Å². The molecular weight excluding hydrogens is 365 g/mol. The van der Waals surface area contributed by atoms with Gasteiger partial charge in [0.1, 0.15) is 22.2 Å². The summed E-state index contributed by atoms with van der Waals surface area (Å²) < 4.78 is 51.2. The lowest BCUT2D eigenvalue weighted by Crippen LogP contribution is -2.15. The monoisotopic (exact) mass is 383 g/mol. The fourth-order valence-electron chi connectivity index (χ4n) is 2.05. The first kappa shape index (κ1) is 19.7. The predicted molar refractivity (Wildman–Crippen MR) is 91.2 cm³/mol. The summed E-state index contributed by atoms with van der Waals surface area (Å²) in [6.45, 7) is 0.334. The van der Waals surface area contributed by atoms with E-state index < -0.39 is 16.0 Å². The molecule has 0 saturated carbocycles. The Kier molecular flexibility index (Phi) is 6.53. The van der Waals surface area contributed by atoms with Crippen molar-refractivity contribution in [3.63, 3.8) is 0 Å². The minimum atomic E-state index is -4.04. The molecule has 0 unspecified atom stereocenters. The fraction of sp³-hybridized carbons (Fsp3) is 0.235. The van der Waals surface area contributed by atoms with Crippen LogP contribution in [0.3, 0.4) is 0 Å². The lowest BCUT2D eigenvalue weighted by Gasteiger charge is -2.10. The minimum Gasteiger partial charge on any atom is -0.495 e. The van der Waals surface area contributed by atoms with Gasteiger partial charge in [-0.2, -0.15) is 0 Å². The quantitative estimate of drug-likeness (QED) is 0.553. The summed E-state index contributed by atoms with van der Waals surface area (Å²) in [5.41, 5.74) is 0.0364. The number of sulfonamides is 1. The highest BCUT2D eigenvalue weighted by atomic mass is 32.2. The van der Waals surface area contributed by atoms with E-state index in [0.29, 0.717) is 12.2 Å². The molecule has 0 amide bonds. The third-order valence-corrected chi connectivity index (χ3v) is 4.24. The lowest BCUT2D eigenvalue weighted by atomic mass is 10.2. The van der Waals surface area contributed by atoms with E-state index in [1.807, 2.05) is 0 Å². The molecule has 0 atom stereocenters. The van der Waals surface area contributed by atoms with Crippen molar-refractivity contribution < 1.29 is 31.8 Å². The number of rotatable bonds is 8. The van der Waals surface area contributed by atoms with Crippen LogP contribution in [0, 0.1) is 5.82 Å². The molecule has 2 rings (SSSR count). The normalized spacial score (nSPS) is 11.0. The van der Waals surface area contributed by atoms with Gasteiger partial charge < -0.3 is 14.2 Å². The summed E-state index contributed by atoms with van der Waals surface area (Å²) in [5.74, 6) is -0.508. The van der Waals surface area contributed by atoms with E-state index >= 15 is 0 Å². The summed E-state index contributed by atoms with van der Waals surface area (Å²) in [6.07, 6.45) is 0.404. The van der Waals surface area contributed by atoms with E-state index in [9.17, 15) is 17.6 Å². The van der Waals surface area contributed by atoms with Gasteiger partial charge in [-0.25, -0.2) is 22.7 Å². The molecule has 0 fully saturated rings. The Morgan fingerprint density at radius 1 is 1.12 bits per heavy atom. The third-order valence-electron chi connectivity index (χ3n) is 3.31.